The standard InChI is InChI=1S/C26H36N4O5/c1-16(2)14-21(22(31)25-29-30(15-17(3)4)26(34)35-25)28-24(33)19-12-8-9-13-20(19)27-23(32)18-10-6-5-7-11-18/h5-7,10-11,16-17,19-21H,8-9,12-15H2,1-4H3,(H,27,32)(H,28,33)/t19-,20+,21+/m1/s1. The minimum absolute atomic E-state index is 0.105. The zero-order chi connectivity index (χ0) is 25.5. The van der Waals surface area contributed by atoms with Crippen LogP contribution in [0.3, 0.4) is 0 Å². The third-order valence-corrected chi connectivity index (χ3v) is 6.15. The van der Waals surface area contributed by atoms with Gasteiger partial charge in [0.15, 0.2) is 0 Å². The second kappa shape index (κ2) is 12.0. The molecule has 0 unspecified atom stereocenters. The monoisotopic (exact) mass is 484 g/mol. The average Bonchev–Trinajstić information content (AvgIpc) is 3.18. The van der Waals surface area contributed by atoms with E-state index in [1.165, 1.54) is 0 Å². The van der Waals surface area contributed by atoms with Gasteiger partial charge in [0.25, 0.3) is 11.8 Å². The molecule has 2 N–H and O–H groups in total. The van der Waals surface area contributed by atoms with Crippen molar-refractivity contribution in [3.8, 4) is 0 Å². The number of benzene rings is 1. The molecule has 35 heavy (non-hydrogen) atoms. The second-order valence-corrected chi connectivity index (χ2v) is 10.1. The largest absolute Gasteiger partial charge is 0.437 e. The Kier molecular flexibility index (Phi) is 9.01. The van der Waals surface area contributed by atoms with Crippen LogP contribution in [0.15, 0.2) is 39.5 Å². The van der Waals surface area contributed by atoms with Crippen LogP contribution in [0.1, 0.15) is 80.8 Å². The molecule has 3 atom stereocenters. The zero-order valence-corrected chi connectivity index (χ0v) is 21.0. The number of hydrogen-bond donors (Lipinski definition) is 2. The minimum Gasteiger partial charge on any atom is -0.384 e. The van der Waals surface area contributed by atoms with Crippen LogP contribution in [-0.2, 0) is 11.3 Å². The van der Waals surface area contributed by atoms with Gasteiger partial charge < -0.3 is 15.1 Å². The average molecular weight is 485 g/mol. The summed E-state index contributed by atoms with van der Waals surface area (Å²) < 4.78 is 6.27. The SMILES string of the molecule is CC(C)C[C@H](NC(=O)[C@@H]1CCCC[C@@H]1NC(=O)c1ccccc1)C(=O)c1nn(CC(C)C)c(=O)o1. The number of nitrogens with one attached hydrogen (secondary N) is 2. The van der Waals surface area contributed by atoms with Crippen LogP contribution in [0.2, 0.25) is 0 Å². The molecule has 1 aromatic heterocycles. The van der Waals surface area contributed by atoms with E-state index in [9.17, 15) is 19.2 Å². The van der Waals surface area contributed by atoms with E-state index in [1.54, 1.807) is 24.3 Å². The van der Waals surface area contributed by atoms with Gasteiger partial charge in [0.05, 0.1) is 18.5 Å². The maximum atomic E-state index is 13.3. The van der Waals surface area contributed by atoms with Crippen LogP contribution in [0.25, 0.3) is 0 Å². The molecule has 3 rings (SSSR count). The van der Waals surface area contributed by atoms with E-state index in [2.05, 4.69) is 15.7 Å². The molecule has 1 aromatic carbocycles. The zero-order valence-electron chi connectivity index (χ0n) is 21.0. The van der Waals surface area contributed by atoms with Gasteiger partial charge in [-0.3, -0.25) is 14.4 Å². The Labute approximate surface area is 205 Å². The number of carbonyl (C=O) groups is 3. The molecule has 1 fully saturated rings. The number of amides is 2. The summed E-state index contributed by atoms with van der Waals surface area (Å²) in [7, 11) is 0. The molecule has 9 nitrogen and oxygen atoms in total. The van der Waals surface area contributed by atoms with Crippen molar-refractivity contribution in [1.29, 1.82) is 0 Å². The van der Waals surface area contributed by atoms with Crippen molar-refractivity contribution in [2.24, 2.45) is 17.8 Å². The lowest BCUT2D eigenvalue weighted by molar-refractivity contribution is -0.127. The number of carbonyl (C=O) groups excluding carboxylic acids is 3. The highest BCUT2D eigenvalue weighted by Crippen LogP contribution is 2.26. The molecule has 1 aliphatic rings. The van der Waals surface area contributed by atoms with Gasteiger partial charge >= 0.3 is 5.76 Å². The topological polar surface area (TPSA) is 123 Å². The first-order valence-electron chi connectivity index (χ1n) is 12.4. The second-order valence-electron chi connectivity index (χ2n) is 10.1. The summed E-state index contributed by atoms with van der Waals surface area (Å²) in [4.78, 5) is 51.4. The van der Waals surface area contributed by atoms with Gasteiger partial charge in [0, 0.05) is 11.6 Å². The molecule has 190 valence electrons. The fraction of sp³-hybridized carbons (Fsp3) is 0.577. The highest BCUT2D eigenvalue weighted by molar-refractivity contribution is 5.99. The fourth-order valence-corrected chi connectivity index (χ4v) is 4.46. The number of ketones is 1. The van der Waals surface area contributed by atoms with Gasteiger partial charge in [-0.15, -0.1) is 5.10 Å². The predicted octanol–water partition coefficient (Wildman–Crippen LogP) is 3.19. The van der Waals surface area contributed by atoms with Crippen LogP contribution < -0.4 is 16.4 Å². The van der Waals surface area contributed by atoms with Crippen LogP contribution in [-0.4, -0.2) is 39.5 Å². The molecule has 0 bridgehead atoms. The van der Waals surface area contributed by atoms with Crippen LogP contribution in [0, 0.1) is 17.8 Å². The van der Waals surface area contributed by atoms with Gasteiger partial charge in [-0.2, -0.15) is 4.68 Å². The van der Waals surface area contributed by atoms with Crippen LogP contribution in [0.4, 0.5) is 0 Å². The number of rotatable bonds is 10. The van der Waals surface area contributed by atoms with Crippen LogP contribution >= 0.6 is 0 Å². The van der Waals surface area contributed by atoms with Crippen molar-refractivity contribution in [2.45, 2.75) is 78.4 Å². The molecule has 1 aliphatic carbocycles. The Morgan fingerprint density at radius 3 is 2.40 bits per heavy atom. The minimum atomic E-state index is -0.875. The van der Waals surface area contributed by atoms with E-state index in [1.807, 2.05) is 33.8 Å². The van der Waals surface area contributed by atoms with Crippen molar-refractivity contribution in [3.05, 3.63) is 52.3 Å². The Morgan fingerprint density at radius 1 is 1.06 bits per heavy atom. The van der Waals surface area contributed by atoms with E-state index in [0.29, 0.717) is 31.4 Å². The Morgan fingerprint density at radius 2 is 1.74 bits per heavy atom. The van der Waals surface area contributed by atoms with E-state index in [-0.39, 0.29) is 35.6 Å². The molecule has 9 heteroatoms. The van der Waals surface area contributed by atoms with Gasteiger partial charge in [0.1, 0.15) is 0 Å². The molecule has 2 aromatic rings. The fourth-order valence-electron chi connectivity index (χ4n) is 4.46. The summed E-state index contributed by atoms with van der Waals surface area (Å²) >= 11 is 0. The smallest absolute Gasteiger partial charge is 0.384 e. The maximum Gasteiger partial charge on any atom is 0.437 e. The molecule has 1 saturated carbocycles. The van der Waals surface area contributed by atoms with Crippen molar-refractivity contribution in [2.75, 3.05) is 0 Å². The molecule has 0 radical (unpaired) electrons. The number of aromatic nitrogens is 2. The lowest BCUT2D eigenvalue weighted by atomic mass is 9.83. The molecule has 0 aliphatic heterocycles. The third-order valence-electron chi connectivity index (χ3n) is 6.15. The molecule has 1 heterocycles. The summed E-state index contributed by atoms with van der Waals surface area (Å²) in [6, 6.07) is 7.70. The lowest BCUT2D eigenvalue weighted by Gasteiger charge is -2.32. The maximum absolute atomic E-state index is 13.3. The third kappa shape index (κ3) is 7.13. The lowest BCUT2D eigenvalue weighted by Crippen LogP contribution is -2.52. The van der Waals surface area contributed by atoms with Gasteiger partial charge in [0.2, 0.25) is 11.7 Å². The molecule has 2 amide bonds. The van der Waals surface area contributed by atoms with E-state index < -0.39 is 23.5 Å². The Balaban J connectivity index is 1.74. The quantitative estimate of drug-likeness (QED) is 0.499. The summed E-state index contributed by atoms with van der Waals surface area (Å²) in [6.45, 7) is 8.09. The summed E-state index contributed by atoms with van der Waals surface area (Å²) in [6.07, 6.45) is 3.46. The van der Waals surface area contributed by atoms with Crippen LogP contribution in [0.5, 0.6) is 0 Å². The first kappa shape index (κ1) is 26.4. The first-order chi connectivity index (χ1) is 16.7. The Bertz CT molecular complexity index is 1070. The van der Waals surface area contributed by atoms with E-state index in [4.69, 9.17) is 4.42 Å². The number of hydrogen-bond acceptors (Lipinski definition) is 6. The van der Waals surface area contributed by atoms with Crippen molar-refractivity contribution in [3.63, 3.8) is 0 Å². The summed E-state index contributed by atoms with van der Waals surface area (Å²) in [5.74, 6) is -2.20. The molecule has 0 spiro atoms. The van der Waals surface area contributed by atoms with Gasteiger partial charge in [-0.05, 0) is 43.2 Å². The number of Topliss-reactive ketones (excluding diaryl/α,β-unsaturated/α-hetero) is 1. The number of nitrogens with zero attached hydrogens (tertiary/aromatic N) is 2. The van der Waals surface area contributed by atoms with Crippen molar-refractivity contribution >= 4 is 17.6 Å². The van der Waals surface area contributed by atoms with E-state index >= 15 is 0 Å². The normalized spacial score (nSPS) is 18.9. The molecular formula is C26H36N4O5. The van der Waals surface area contributed by atoms with Crippen molar-refractivity contribution in [1.82, 2.24) is 20.4 Å². The van der Waals surface area contributed by atoms with E-state index in [0.717, 1.165) is 17.5 Å². The van der Waals surface area contributed by atoms with Crippen molar-refractivity contribution < 1.29 is 18.8 Å². The molecular weight excluding hydrogens is 448 g/mol. The summed E-state index contributed by atoms with van der Waals surface area (Å²) in [5, 5.41) is 9.95. The highest BCUT2D eigenvalue weighted by Gasteiger charge is 2.35. The van der Waals surface area contributed by atoms with Gasteiger partial charge in [-0.25, -0.2) is 4.79 Å². The summed E-state index contributed by atoms with van der Waals surface area (Å²) in [5.41, 5.74) is 0.539. The first-order valence-corrected chi connectivity index (χ1v) is 12.4. The molecule has 0 saturated heterocycles. The Hall–Kier alpha value is -3.23. The highest BCUT2D eigenvalue weighted by atomic mass is 16.4. The van der Waals surface area contributed by atoms with Gasteiger partial charge in [-0.1, -0.05) is 58.7 Å². The predicted molar refractivity (Wildman–Crippen MR) is 131 cm³/mol.